The van der Waals surface area contributed by atoms with Crippen molar-refractivity contribution in [1.82, 2.24) is 10.6 Å². The van der Waals surface area contributed by atoms with Gasteiger partial charge in [-0.3, -0.25) is 4.79 Å². The smallest absolute Gasteiger partial charge is 0.329 e. The van der Waals surface area contributed by atoms with Gasteiger partial charge in [0.25, 0.3) is 5.91 Å². The van der Waals surface area contributed by atoms with Gasteiger partial charge in [-0.1, -0.05) is 45.9 Å². The molecule has 0 radical (unpaired) electrons. The predicted octanol–water partition coefficient (Wildman–Crippen LogP) is 2.54. The molecule has 3 amide bonds. The molecule has 0 aliphatic rings. The molecular formula is C19H29N3O4. The van der Waals surface area contributed by atoms with Crippen molar-refractivity contribution in [2.75, 3.05) is 18.5 Å². The monoisotopic (exact) mass is 363 g/mol. The van der Waals surface area contributed by atoms with Gasteiger partial charge in [-0.05, 0) is 30.4 Å². The van der Waals surface area contributed by atoms with Crippen LogP contribution >= 0.6 is 0 Å². The van der Waals surface area contributed by atoms with Gasteiger partial charge in [0.15, 0.2) is 6.61 Å². The van der Waals surface area contributed by atoms with Crippen molar-refractivity contribution < 1.29 is 19.1 Å². The van der Waals surface area contributed by atoms with E-state index in [9.17, 15) is 14.4 Å². The molecule has 0 heterocycles. The highest BCUT2D eigenvalue weighted by Gasteiger charge is 2.26. The summed E-state index contributed by atoms with van der Waals surface area (Å²) in [5.41, 5.74) is 0.616. The molecule has 7 nitrogen and oxygen atoms in total. The van der Waals surface area contributed by atoms with Crippen LogP contribution in [0, 0.1) is 11.8 Å². The topological polar surface area (TPSA) is 96.5 Å². The molecule has 0 fully saturated rings. The number of ether oxygens (including phenoxy) is 1. The minimum absolute atomic E-state index is 0.187. The number of nitrogens with one attached hydrogen (secondary N) is 3. The van der Waals surface area contributed by atoms with E-state index in [2.05, 4.69) is 29.8 Å². The highest BCUT2D eigenvalue weighted by Crippen LogP contribution is 2.07. The lowest BCUT2D eigenvalue weighted by Gasteiger charge is -2.21. The summed E-state index contributed by atoms with van der Waals surface area (Å²) in [7, 11) is 0. The Morgan fingerprint density at radius 1 is 1.04 bits per heavy atom. The molecule has 144 valence electrons. The summed E-state index contributed by atoms with van der Waals surface area (Å²) in [4.78, 5) is 36.0. The van der Waals surface area contributed by atoms with Gasteiger partial charge in [0.05, 0.1) is 0 Å². The summed E-state index contributed by atoms with van der Waals surface area (Å²) >= 11 is 0. The Balaban J connectivity index is 2.46. The molecule has 1 aromatic carbocycles. The second-order valence-corrected chi connectivity index (χ2v) is 6.83. The van der Waals surface area contributed by atoms with E-state index in [1.54, 1.807) is 38.1 Å². The molecule has 1 atom stereocenters. The minimum Gasteiger partial charge on any atom is -0.454 e. The number of rotatable bonds is 9. The van der Waals surface area contributed by atoms with E-state index in [1.165, 1.54) is 0 Å². The standard InChI is InChI=1S/C19H29N3O4/c1-13(2)10-11-20-16(23)12-26-18(24)17(14(3)4)22-19(25)21-15-8-6-5-7-9-15/h5-9,13-14,17H,10-12H2,1-4H3,(H,20,23)(H2,21,22,25)/t17-/m0/s1. The lowest BCUT2D eigenvalue weighted by atomic mass is 10.1. The van der Waals surface area contributed by atoms with Crippen LogP contribution in [-0.4, -0.2) is 37.1 Å². The van der Waals surface area contributed by atoms with Crippen LogP contribution in [0.15, 0.2) is 30.3 Å². The van der Waals surface area contributed by atoms with Crippen LogP contribution in [0.2, 0.25) is 0 Å². The zero-order chi connectivity index (χ0) is 19.5. The number of para-hydroxylation sites is 1. The first-order chi connectivity index (χ1) is 12.3. The molecular weight excluding hydrogens is 334 g/mol. The van der Waals surface area contributed by atoms with Crippen LogP contribution in [0.3, 0.4) is 0 Å². The number of anilines is 1. The molecule has 0 saturated carbocycles. The molecule has 26 heavy (non-hydrogen) atoms. The Kier molecular flexibility index (Phi) is 9.19. The molecule has 0 bridgehead atoms. The molecule has 1 rings (SSSR count). The molecule has 7 heteroatoms. The number of amides is 3. The Bertz CT molecular complexity index is 588. The largest absolute Gasteiger partial charge is 0.454 e. The summed E-state index contributed by atoms with van der Waals surface area (Å²) in [6.45, 7) is 7.88. The van der Waals surface area contributed by atoms with E-state index < -0.39 is 18.0 Å². The van der Waals surface area contributed by atoms with Gasteiger partial charge in [0.1, 0.15) is 6.04 Å². The van der Waals surface area contributed by atoms with E-state index in [0.717, 1.165) is 6.42 Å². The van der Waals surface area contributed by atoms with Crippen LogP contribution in [0.4, 0.5) is 10.5 Å². The molecule has 0 aliphatic heterocycles. The highest BCUT2D eigenvalue weighted by molar-refractivity contribution is 5.93. The van der Waals surface area contributed by atoms with Crippen molar-refractivity contribution in [1.29, 1.82) is 0 Å². The van der Waals surface area contributed by atoms with Crippen LogP contribution in [0.25, 0.3) is 0 Å². The summed E-state index contributed by atoms with van der Waals surface area (Å²) in [5, 5.41) is 7.93. The van der Waals surface area contributed by atoms with E-state index in [-0.39, 0.29) is 18.4 Å². The van der Waals surface area contributed by atoms with Gasteiger partial charge >= 0.3 is 12.0 Å². The SMILES string of the molecule is CC(C)CCNC(=O)COC(=O)[C@@H](NC(=O)Nc1ccccc1)C(C)C. The fraction of sp³-hybridized carbons (Fsp3) is 0.526. The minimum atomic E-state index is -0.845. The number of esters is 1. The normalized spacial score (nSPS) is 11.8. The van der Waals surface area contributed by atoms with Gasteiger partial charge in [0.2, 0.25) is 0 Å². The molecule has 1 aromatic rings. The quantitative estimate of drug-likeness (QED) is 0.587. The van der Waals surface area contributed by atoms with Crippen LogP contribution in [0.1, 0.15) is 34.1 Å². The van der Waals surface area contributed by atoms with Crippen LogP contribution < -0.4 is 16.0 Å². The number of benzene rings is 1. The van der Waals surface area contributed by atoms with Crippen LogP contribution in [0.5, 0.6) is 0 Å². The van der Waals surface area contributed by atoms with Crippen molar-refractivity contribution in [3.8, 4) is 0 Å². The lowest BCUT2D eigenvalue weighted by molar-refractivity contribution is -0.151. The average molecular weight is 363 g/mol. The van der Waals surface area contributed by atoms with E-state index >= 15 is 0 Å². The third-order valence-corrected chi connectivity index (χ3v) is 3.63. The fourth-order valence-electron chi connectivity index (χ4n) is 2.11. The fourth-order valence-corrected chi connectivity index (χ4v) is 2.11. The zero-order valence-electron chi connectivity index (χ0n) is 15.9. The summed E-state index contributed by atoms with van der Waals surface area (Å²) < 4.78 is 5.04. The highest BCUT2D eigenvalue weighted by atomic mass is 16.5. The van der Waals surface area contributed by atoms with Crippen molar-refractivity contribution >= 4 is 23.6 Å². The molecule has 0 aliphatic carbocycles. The van der Waals surface area contributed by atoms with Gasteiger partial charge in [-0.2, -0.15) is 0 Å². The lowest BCUT2D eigenvalue weighted by Crippen LogP contribution is -2.47. The predicted molar refractivity (Wildman–Crippen MR) is 101 cm³/mol. The second kappa shape index (κ2) is 11.1. The first kappa shape index (κ1) is 21.5. The molecule has 0 saturated heterocycles. The number of urea groups is 1. The number of hydrogen-bond donors (Lipinski definition) is 3. The van der Waals surface area contributed by atoms with Gasteiger partial charge in [-0.15, -0.1) is 0 Å². The number of carbonyl (C=O) groups excluding carboxylic acids is 3. The van der Waals surface area contributed by atoms with E-state index in [1.807, 2.05) is 6.07 Å². The van der Waals surface area contributed by atoms with E-state index in [4.69, 9.17) is 4.74 Å². The number of carbonyl (C=O) groups is 3. The maximum atomic E-state index is 12.2. The third kappa shape index (κ3) is 8.50. The molecule has 0 aromatic heterocycles. The molecule has 0 unspecified atom stereocenters. The third-order valence-electron chi connectivity index (χ3n) is 3.63. The van der Waals surface area contributed by atoms with Crippen molar-refractivity contribution in [3.05, 3.63) is 30.3 Å². The maximum Gasteiger partial charge on any atom is 0.329 e. The van der Waals surface area contributed by atoms with Gasteiger partial charge in [-0.25, -0.2) is 9.59 Å². The first-order valence-electron chi connectivity index (χ1n) is 8.85. The number of hydrogen-bond acceptors (Lipinski definition) is 4. The van der Waals surface area contributed by atoms with E-state index in [0.29, 0.717) is 18.2 Å². The first-order valence-corrected chi connectivity index (χ1v) is 8.85. The average Bonchev–Trinajstić information content (AvgIpc) is 2.58. The zero-order valence-corrected chi connectivity index (χ0v) is 15.9. The van der Waals surface area contributed by atoms with Crippen molar-refractivity contribution in [2.45, 2.75) is 40.2 Å². The van der Waals surface area contributed by atoms with Gasteiger partial charge in [0, 0.05) is 12.2 Å². The summed E-state index contributed by atoms with van der Waals surface area (Å²) in [6, 6.07) is 7.55. The Labute approximate surface area is 154 Å². The van der Waals surface area contributed by atoms with Crippen LogP contribution in [-0.2, 0) is 14.3 Å². The molecule has 0 spiro atoms. The van der Waals surface area contributed by atoms with Gasteiger partial charge < -0.3 is 20.7 Å². The van der Waals surface area contributed by atoms with Crippen molar-refractivity contribution in [3.63, 3.8) is 0 Å². The Hall–Kier alpha value is -2.57. The van der Waals surface area contributed by atoms with Crippen molar-refractivity contribution in [2.24, 2.45) is 11.8 Å². The maximum absolute atomic E-state index is 12.2. The Morgan fingerprint density at radius 2 is 1.69 bits per heavy atom. The summed E-state index contributed by atoms with van der Waals surface area (Å²) in [6.07, 6.45) is 0.857. The Morgan fingerprint density at radius 3 is 2.27 bits per heavy atom. The molecule has 3 N–H and O–H groups in total. The summed E-state index contributed by atoms with van der Waals surface area (Å²) in [5.74, 6) is -0.694. The second-order valence-electron chi connectivity index (χ2n) is 6.83.